The summed E-state index contributed by atoms with van der Waals surface area (Å²) in [5, 5.41) is 20.6. The molecular weight excluding hydrogens is 678 g/mol. The monoisotopic (exact) mass is 712 g/mol. The molecule has 0 atom stereocenters. The van der Waals surface area contributed by atoms with Crippen LogP contribution >= 0.6 is 0 Å². The van der Waals surface area contributed by atoms with Crippen LogP contribution < -0.4 is 30.7 Å². The quantitative estimate of drug-likeness (QED) is 0.178. The molecule has 16 nitrogen and oxygen atoms in total. The van der Waals surface area contributed by atoms with Gasteiger partial charge in [-0.3, -0.25) is 9.59 Å². The van der Waals surface area contributed by atoms with Crippen LogP contribution in [0.3, 0.4) is 0 Å². The Bertz CT molecular complexity index is 2200. The second-order valence-electron chi connectivity index (χ2n) is 12.0. The summed E-state index contributed by atoms with van der Waals surface area (Å²) in [5.41, 5.74) is 2.48. The molecular formula is C34H34F2N12O4. The third kappa shape index (κ3) is 6.57. The van der Waals surface area contributed by atoms with Gasteiger partial charge in [-0.25, -0.2) is 18.7 Å². The number of hydrogen-bond acceptors (Lipinski definition) is 14. The highest BCUT2D eigenvalue weighted by molar-refractivity contribution is 6.02. The van der Waals surface area contributed by atoms with E-state index in [-0.39, 0.29) is 55.2 Å². The van der Waals surface area contributed by atoms with Crippen molar-refractivity contribution in [2.45, 2.75) is 39.5 Å². The fourth-order valence-corrected chi connectivity index (χ4v) is 5.69. The maximum atomic E-state index is 14.2. The minimum Gasteiger partial charge on any atom is -0.477 e. The van der Waals surface area contributed by atoms with Crippen molar-refractivity contribution in [3.63, 3.8) is 0 Å². The molecule has 0 unspecified atom stereocenters. The SMILES string of the molecule is CNc1cc2nc3c(cnn13)C(=O)CCCOc1nc(cc(C)c1F)N2.CNc1cc2nc3c(cnn13)C(=O)CCCOc1nc(cc(F)c1C)N2. The highest BCUT2D eigenvalue weighted by Gasteiger charge is 2.21. The number of nitrogens with zero attached hydrogens (tertiary/aromatic N) is 8. The number of ether oxygens (including phenoxy) is 2. The van der Waals surface area contributed by atoms with Crippen molar-refractivity contribution in [2.24, 2.45) is 0 Å². The number of pyridine rings is 2. The molecule has 2 aliphatic rings. The van der Waals surface area contributed by atoms with Crippen LogP contribution in [0.1, 0.15) is 57.5 Å². The lowest BCUT2D eigenvalue weighted by Crippen LogP contribution is -2.06. The van der Waals surface area contributed by atoms with E-state index in [1.54, 1.807) is 55.2 Å². The number of carbonyl (C=O) groups is 2. The number of aryl methyl sites for hydroxylation is 1. The van der Waals surface area contributed by atoms with Gasteiger partial charge in [0.2, 0.25) is 5.88 Å². The molecule has 18 heteroatoms. The van der Waals surface area contributed by atoms with E-state index >= 15 is 0 Å². The zero-order valence-corrected chi connectivity index (χ0v) is 28.7. The van der Waals surface area contributed by atoms with Gasteiger partial charge < -0.3 is 30.7 Å². The van der Waals surface area contributed by atoms with Crippen LogP contribution in [0.25, 0.3) is 11.3 Å². The molecule has 6 aromatic rings. The molecule has 0 spiro atoms. The summed E-state index contributed by atoms with van der Waals surface area (Å²) in [6.07, 6.45) is 4.46. The van der Waals surface area contributed by atoms with Crippen LogP contribution in [0.15, 0.2) is 36.7 Å². The second-order valence-corrected chi connectivity index (χ2v) is 12.0. The van der Waals surface area contributed by atoms with Gasteiger partial charge in [-0.15, -0.1) is 0 Å². The van der Waals surface area contributed by atoms with Crippen LogP contribution in [0.4, 0.5) is 43.7 Å². The molecule has 8 rings (SSSR count). The van der Waals surface area contributed by atoms with Crippen LogP contribution in [0.5, 0.6) is 11.8 Å². The molecule has 0 aromatic carbocycles. The first-order valence-electron chi connectivity index (χ1n) is 16.5. The fraction of sp³-hybridized carbons (Fsp3) is 0.294. The largest absolute Gasteiger partial charge is 0.477 e. The van der Waals surface area contributed by atoms with Crippen molar-refractivity contribution < 1.29 is 27.8 Å². The number of aromatic nitrogens is 8. The Morgan fingerprint density at radius 3 is 1.71 bits per heavy atom. The summed E-state index contributed by atoms with van der Waals surface area (Å²) in [5.74, 6) is 1.86. The lowest BCUT2D eigenvalue weighted by Gasteiger charge is -2.12. The summed E-state index contributed by atoms with van der Waals surface area (Å²) in [6.45, 7) is 3.70. The van der Waals surface area contributed by atoms with E-state index in [0.717, 1.165) is 0 Å². The number of Topliss-reactive ketones (excluding diaryl/α,β-unsaturated/α-hetero) is 2. The summed E-state index contributed by atoms with van der Waals surface area (Å²) in [4.78, 5) is 42.5. The van der Waals surface area contributed by atoms with E-state index < -0.39 is 11.6 Å². The lowest BCUT2D eigenvalue weighted by atomic mass is 10.1. The number of nitrogens with one attached hydrogen (secondary N) is 4. The molecule has 0 radical (unpaired) electrons. The molecule has 8 bridgehead atoms. The van der Waals surface area contributed by atoms with Gasteiger partial charge in [-0.1, -0.05) is 0 Å². The van der Waals surface area contributed by atoms with Crippen molar-refractivity contribution in [3.05, 3.63) is 70.5 Å². The first-order valence-corrected chi connectivity index (χ1v) is 16.5. The van der Waals surface area contributed by atoms with Gasteiger partial charge in [0.25, 0.3) is 5.88 Å². The van der Waals surface area contributed by atoms with Crippen LogP contribution in [-0.4, -0.2) is 78.0 Å². The third-order valence-electron chi connectivity index (χ3n) is 8.42. The van der Waals surface area contributed by atoms with Crippen LogP contribution in [-0.2, 0) is 0 Å². The van der Waals surface area contributed by atoms with E-state index in [1.165, 1.54) is 18.5 Å². The zero-order chi connectivity index (χ0) is 36.5. The Hall–Kier alpha value is -6.46. The molecule has 2 aliphatic heterocycles. The first-order chi connectivity index (χ1) is 25.1. The molecule has 0 saturated heterocycles. The van der Waals surface area contributed by atoms with Crippen LogP contribution in [0.2, 0.25) is 0 Å². The Kier molecular flexibility index (Phi) is 9.18. The highest BCUT2D eigenvalue weighted by atomic mass is 19.1. The summed E-state index contributed by atoms with van der Waals surface area (Å²) in [7, 11) is 3.49. The van der Waals surface area contributed by atoms with Gasteiger partial charge in [-0.05, 0) is 38.3 Å². The number of carbonyl (C=O) groups excluding carboxylic acids is 2. The molecule has 0 saturated carbocycles. The average molecular weight is 713 g/mol. The smallest absolute Gasteiger partial charge is 0.252 e. The minimum atomic E-state index is -0.507. The number of fused-ring (bicyclic) bond motifs is 6. The van der Waals surface area contributed by atoms with Gasteiger partial charge in [0.05, 0.1) is 36.7 Å². The van der Waals surface area contributed by atoms with Gasteiger partial charge in [-0.2, -0.15) is 29.2 Å². The third-order valence-corrected chi connectivity index (χ3v) is 8.42. The van der Waals surface area contributed by atoms with E-state index in [4.69, 9.17) is 9.47 Å². The van der Waals surface area contributed by atoms with Crippen molar-refractivity contribution in [1.82, 2.24) is 39.2 Å². The molecule has 0 fully saturated rings. The number of anilines is 6. The van der Waals surface area contributed by atoms with Crippen molar-refractivity contribution >= 4 is 57.8 Å². The number of rotatable bonds is 2. The number of ketones is 2. The normalized spacial score (nSPS) is 14.2. The standard InChI is InChI=1S/2C17H17FN6O2/c1-9-11(18)6-13-21-14-7-15(19-2)24-16(22-14)10(8-20-24)12(25)4-3-5-26-17(9)23-13;1-9-6-12-21-13-7-14(19-2)24-16(22-13)10(8-20-24)11(25)4-3-5-26-17(23-12)15(9)18/h2*6-8,19H,3-5H2,1-2H3,(H,21,22,23). The molecule has 6 aromatic heterocycles. The van der Waals surface area contributed by atoms with E-state index in [2.05, 4.69) is 51.4 Å². The molecule has 0 aliphatic carbocycles. The molecule has 52 heavy (non-hydrogen) atoms. The maximum absolute atomic E-state index is 14.2. The maximum Gasteiger partial charge on any atom is 0.252 e. The first kappa shape index (κ1) is 34.0. The molecule has 8 heterocycles. The highest BCUT2D eigenvalue weighted by Crippen LogP contribution is 2.29. The summed E-state index contributed by atoms with van der Waals surface area (Å²) in [6, 6.07) is 6.30. The van der Waals surface area contributed by atoms with E-state index in [0.29, 0.717) is 75.5 Å². The Balaban J connectivity index is 0.000000162. The molecule has 0 amide bonds. The lowest BCUT2D eigenvalue weighted by molar-refractivity contribution is 0.0966. The zero-order valence-electron chi connectivity index (χ0n) is 28.7. The van der Waals surface area contributed by atoms with Crippen molar-refractivity contribution in [3.8, 4) is 11.8 Å². The van der Waals surface area contributed by atoms with E-state index in [1.807, 2.05) is 0 Å². The minimum absolute atomic E-state index is 0.0721. The predicted octanol–water partition coefficient (Wildman–Crippen LogP) is 5.42. The Morgan fingerprint density at radius 2 is 1.17 bits per heavy atom. The van der Waals surface area contributed by atoms with Gasteiger partial charge in [0, 0.05) is 50.7 Å². The van der Waals surface area contributed by atoms with Gasteiger partial charge in [0.15, 0.2) is 28.7 Å². The number of hydrogen-bond donors (Lipinski definition) is 4. The Labute approximate surface area is 295 Å². The molecule has 268 valence electrons. The second kappa shape index (κ2) is 14.0. The van der Waals surface area contributed by atoms with Gasteiger partial charge >= 0.3 is 0 Å². The molecule has 4 N–H and O–H groups in total. The van der Waals surface area contributed by atoms with Crippen LogP contribution in [0, 0.1) is 25.5 Å². The Morgan fingerprint density at radius 1 is 0.692 bits per heavy atom. The predicted molar refractivity (Wildman–Crippen MR) is 188 cm³/mol. The van der Waals surface area contributed by atoms with Crippen molar-refractivity contribution in [1.29, 1.82) is 0 Å². The summed E-state index contributed by atoms with van der Waals surface area (Å²) < 4.78 is 42.6. The fourth-order valence-electron chi connectivity index (χ4n) is 5.69. The van der Waals surface area contributed by atoms with Gasteiger partial charge in [0.1, 0.15) is 40.7 Å². The number of halogens is 2. The average Bonchev–Trinajstić information content (AvgIpc) is 3.76. The van der Waals surface area contributed by atoms with E-state index in [9.17, 15) is 18.4 Å². The topological polar surface area (TPSA) is 187 Å². The summed E-state index contributed by atoms with van der Waals surface area (Å²) >= 11 is 0. The van der Waals surface area contributed by atoms with Crippen molar-refractivity contribution in [2.75, 3.05) is 48.6 Å².